The van der Waals surface area contributed by atoms with Crippen LogP contribution in [0.5, 0.6) is 5.75 Å². The number of rotatable bonds is 10. The number of amides is 1. The van der Waals surface area contributed by atoms with Gasteiger partial charge in [-0.25, -0.2) is 4.98 Å². The van der Waals surface area contributed by atoms with Gasteiger partial charge in [0.15, 0.2) is 0 Å². The lowest BCUT2D eigenvalue weighted by Crippen LogP contribution is -2.24. The topological polar surface area (TPSA) is 56.1 Å². The van der Waals surface area contributed by atoms with Crippen LogP contribution in [-0.4, -0.2) is 22.1 Å². The number of benzene rings is 3. The molecule has 0 aliphatic heterocycles. The highest BCUT2D eigenvalue weighted by Crippen LogP contribution is 2.26. The van der Waals surface area contributed by atoms with Crippen molar-refractivity contribution in [1.29, 1.82) is 0 Å². The Bertz CT molecular complexity index is 1250. The van der Waals surface area contributed by atoms with Crippen molar-refractivity contribution in [1.82, 2.24) is 14.9 Å². The molecule has 0 saturated carbocycles. The van der Waals surface area contributed by atoms with E-state index in [1.165, 1.54) is 5.56 Å². The lowest BCUT2D eigenvalue weighted by atomic mass is 10.0. The average Bonchev–Trinajstić information content (AvgIpc) is 3.20. The molecule has 0 aliphatic rings. The van der Waals surface area contributed by atoms with Crippen molar-refractivity contribution < 1.29 is 9.53 Å². The monoisotopic (exact) mass is 519 g/mol. The van der Waals surface area contributed by atoms with E-state index < -0.39 is 0 Å². The molecule has 0 unspecified atom stereocenters. The molecule has 0 spiro atoms. The van der Waals surface area contributed by atoms with Crippen LogP contribution in [0.25, 0.3) is 11.0 Å². The second-order valence-corrected chi connectivity index (χ2v) is 9.52. The maximum absolute atomic E-state index is 12.6. The number of hydrogen-bond acceptors (Lipinski definition) is 3. The molecule has 0 saturated heterocycles. The highest BCUT2D eigenvalue weighted by molar-refractivity contribution is 9.10. The van der Waals surface area contributed by atoms with E-state index in [1.807, 2.05) is 42.5 Å². The maximum atomic E-state index is 12.6. The highest BCUT2D eigenvalue weighted by atomic mass is 79.9. The number of carbonyl (C=O) groups is 1. The van der Waals surface area contributed by atoms with Crippen molar-refractivity contribution in [2.45, 2.75) is 45.7 Å². The van der Waals surface area contributed by atoms with Gasteiger partial charge in [-0.3, -0.25) is 4.79 Å². The van der Waals surface area contributed by atoms with Gasteiger partial charge in [0.05, 0.1) is 24.2 Å². The van der Waals surface area contributed by atoms with Gasteiger partial charge in [0.1, 0.15) is 11.6 Å². The van der Waals surface area contributed by atoms with E-state index in [0.29, 0.717) is 24.6 Å². The third-order valence-electron chi connectivity index (χ3n) is 5.82. The summed E-state index contributed by atoms with van der Waals surface area (Å²) in [5.41, 5.74) is 3.90. The second-order valence-electron chi connectivity index (χ2n) is 8.61. The van der Waals surface area contributed by atoms with Crippen LogP contribution in [-0.2, 0) is 13.1 Å². The molecule has 4 aromatic rings. The second kappa shape index (κ2) is 11.3. The van der Waals surface area contributed by atoms with Crippen LogP contribution < -0.4 is 10.1 Å². The van der Waals surface area contributed by atoms with E-state index in [0.717, 1.165) is 46.5 Å². The predicted octanol–water partition coefficient (Wildman–Crippen LogP) is 6.71. The number of hydrogen-bond donors (Lipinski definition) is 1. The van der Waals surface area contributed by atoms with Crippen molar-refractivity contribution in [3.63, 3.8) is 0 Å². The largest absolute Gasteiger partial charge is 0.493 e. The SMILES string of the molecule is CC(C)c1ccccc1OCCCCn1c(CNC(=O)c2ccc(Br)cc2)nc2ccccc21. The zero-order valence-corrected chi connectivity index (χ0v) is 21.2. The van der Waals surface area contributed by atoms with Crippen molar-refractivity contribution >= 4 is 32.9 Å². The smallest absolute Gasteiger partial charge is 0.251 e. The fourth-order valence-electron chi connectivity index (χ4n) is 4.02. The predicted molar refractivity (Wildman–Crippen MR) is 140 cm³/mol. The van der Waals surface area contributed by atoms with Crippen LogP contribution in [0.15, 0.2) is 77.3 Å². The summed E-state index contributed by atoms with van der Waals surface area (Å²) in [6.45, 7) is 6.24. The van der Waals surface area contributed by atoms with Gasteiger partial charge in [-0.1, -0.05) is 60.1 Å². The highest BCUT2D eigenvalue weighted by Gasteiger charge is 2.13. The van der Waals surface area contributed by atoms with Crippen molar-refractivity contribution in [3.8, 4) is 5.75 Å². The lowest BCUT2D eigenvalue weighted by molar-refractivity contribution is 0.0949. The van der Waals surface area contributed by atoms with Crippen molar-refractivity contribution in [3.05, 3.63) is 94.2 Å². The molecule has 1 amide bonds. The molecule has 0 bridgehead atoms. The van der Waals surface area contributed by atoms with Crippen LogP contribution in [0.4, 0.5) is 0 Å². The van der Waals surface area contributed by atoms with Crippen LogP contribution in [0.3, 0.4) is 0 Å². The minimum absolute atomic E-state index is 0.108. The first-order valence-corrected chi connectivity index (χ1v) is 12.5. The fraction of sp³-hybridized carbons (Fsp3) is 0.286. The number of nitrogens with one attached hydrogen (secondary N) is 1. The number of para-hydroxylation sites is 3. The van der Waals surface area contributed by atoms with Crippen molar-refractivity contribution in [2.75, 3.05) is 6.61 Å². The molecule has 3 aromatic carbocycles. The summed E-state index contributed by atoms with van der Waals surface area (Å²) in [6.07, 6.45) is 1.89. The van der Waals surface area contributed by atoms with Crippen LogP contribution >= 0.6 is 15.9 Å². The van der Waals surface area contributed by atoms with E-state index in [1.54, 1.807) is 12.1 Å². The first kappa shape index (κ1) is 24.0. The van der Waals surface area contributed by atoms with Crippen molar-refractivity contribution in [2.24, 2.45) is 0 Å². The molecule has 1 N–H and O–H groups in total. The third-order valence-corrected chi connectivity index (χ3v) is 6.35. The number of aryl methyl sites for hydroxylation is 1. The van der Waals surface area contributed by atoms with Gasteiger partial charge in [-0.2, -0.15) is 0 Å². The van der Waals surface area contributed by atoms with Gasteiger partial charge < -0.3 is 14.6 Å². The summed E-state index contributed by atoms with van der Waals surface area (Å²) in [5, 5.41) is 3.01. The quantitative estimate of drug-likeness (QED) is 0.237. The van der Waals surface area contributed by atoms with E-state index in [-0.39, 0.29) is 5.91 Å². The number of nitrogens with zero attached hydrogens (tertiary/aromatic N) is 2. The van der Waals surface area contributed by atoms with Gasteiger partial charge in [0.25, 0.3) is 5.91 Å². The molecule has 0 aliphatic carbocycles. The Labute approximate surface area is 209 Å². The van der Waals surface area contributed by atoms with E-state index in [4.69, 9.17) is 9.72 Å². The van der Waals surface area contributed by atoms with Crippen LogP contribution in [0.1, 0.15) is 54.4 Å². The fourth-order valence-corrected chi connectivity index (χ4v) is 4.28. The number of imidazole rings is 1. The average molecular weight is 520 g/mol. The van der Waals surface area contributed by atoms with E-state index in [9.17, 15) is 4.79 Å². The van der Waals surface area contributed by atoms with Gasteiger partial charge in [0, 0.05) is 16.6 Å². The normalized spacial score (nSPS) is 11.2. The van der Waals surface area contributed by atoms with Crippen LogP contribution in [0, 0.1) is 0 Å². The summed E-state index contributed by atoms with van der Waals surface area (Å²) in [6, 6.07) is 23.7. The Morgan fingerprint density at radius 1 is 1.00 bits per heavy atom. The number of ether oxygens (including phenoxy) is 1. The molecular weight excluding hydrogens is 490 g/mol. The Morgan fingerprint density at radius 3 is 2.53 bits per heavy atom. The number of unbranched alkanes of at least 4 members (excludes halogenated alkanes) is 1. The number of aromatic nitrogens is 2. The zero-order valence-electron chi connectivity index (χ0n) is 19.6. The molecule has 1 aromatic heterocycles. The van der Waals surface area contributed by atoms with Gasteiger partial charge in [-0.05, 0) is 66.8 Å². The van der Waals surface area contributed by atoms with Gasteiger partial charge in [0.2, 0.25) is 0 Å². The number of fused-ring (bicyclic) bond motifs is 1. The number of carbonyl (C=O) groups excluding carboxylic acids is 1. The summed E-state index contributed by atoms with van der Waals surface area (Å²) >= 11 is 3.40. The molecule has 34 heavy (non-hydrogen) atoms. The third kappa shape index (κ3) is 5.86. The molecule has 0 radical (unpaired) electrons. The summed E-state index contributed by atoms with van der Waals surface area (Å²) in [4.78, 5) is 17.4. The molecule has 1 heterocycles. The minimum atomic E-state index is -0.108. The van der Waals surface area contributed by atoms with Gasteiger partial charge in [-0.15, -0.1) is 0 Å². The Kier molecular flexibility index (Phi) is 8.01. The molecule has 5 nitrogen and oxygen atoms in total. The minimum Gasteiger partial charge on any atom is -0.493 e. The first-order valence-electron chi connectivity index (χ1n) is 11.7. The standard InChI is InChI=1S/C28H30BrN3O2/c1-20(2)23-9-3-6-12-26(23)34-18-8-7-17-32-25-11-5-4-10-24(25)31-27(32)19-30-28(33)21-13-15-22(29)16-14-21/h3-6,9-16,20H,7-8,17-19H2,1-2H3,(H,30,33). The van der Waals surface area contributed by atoms with Gasteiger partial charge >= 0.3 is 0 Å². The van der Waals surface area contributed by atoms with E-state index >= 15 is 0 Å². The summed E-state index contributed by atoms with van der Waals surface area (Å²) < 4.78 is 9.24. The molecule has 0 fully saturated rings. The first-order chi connectivity index (χ1) is 16.5. The lowest BCUT2D eigenvalue weighted by Gasteiger charge is -2.14. The molecule has 176 valence electrons. The zero-order chi connectivity index (χ0) is 23.9. The molecule has 4 rings (SSSR count). The molecular formula is C28H30BrN3O2. The Hall–Kier alpha value is -3.12. The summed E-state index contributed by atoms with van der Waals surface area (Å²) in [5.74, 6) is 2.16. The molecule has 6 heteroatoms. The Morgan fingerprint density at radius 2 is 1.74 bits per heavy atom. The molecule has 0 atom stereocenters. The van der Waals surface area contributed by atoms with E-state index in [2.05, 4.69) is 57.9 Å². The summed E-state index contributed by atoms with van der Waals surface area (Å²) in [7, 11) is 0. The maximum Gasteiger partial charge on any atom is 0.251 e. The number of halogens is 1. The van der Waals surface area contributed by atoms with Crippen LogP contribution in [0.2, 0.25) is 0 Å². The Balaban J connectivity index is 1.37.